The van der Waals surface area contributed by atoms with Crippen molar-refractivity contribution in [2.75, 3.05) is 0 Å². The molecule has 0 aromatic rings. The number of thioether (sulfide) groups is 1. The fraction of sp³-hybridized carbons (Fsp3) is 1.00. The molecule has 2 aliphatic carbocycles. The number of hydrogen-bond acceptors (Lipinski definition) is 3. The van der Waals surface area contributed by atoms with Crippen LogP contribution >= 0.6 is 11.8 Å². The second kappa shape index (κ2) is 5.55. The van der Waals surface area contributed by atoms with E-state index in [1.165, 1.54) is 25.7 Å². The van der Waals surface area contributed by atoms with Gasteiger partial charge in [-0.15, -0.1) is 11.8 Å². The van der Waals surface area contributed by atoms with Gasteiger partial charge in [-0.2, -0.15) is 0 Å². The molecular weight excluding hydrogens is 208 g/mol. The molecule has 0 aromatic heterocycles. The van der Waals surface area contributed by atoms with Crippen LogP contribution in [0.4, 0.5) is 0 Å². The summed E-state index contributed by atoms with van der Waals surface area (Å²) in [6.07, 6.45) is 8.77. The molecule has 0 heterocycles. The molecule has 2 N–H and O–H groups in total. The van der Waals surface area contributed by atoms with Gasteiger partial charge >= 0.3 is 0 Å². The third kappa shape index (κ3) is 3.11. The van der Waals surface area contributed by atoms with Crippen molar-refractivity contribution in [2.24, 2.45) is 0 Å². The molecule has 2 rings (SSSR count). The van der Waals surface area contributed by atoms with Crippen LogP contribution in [-0.2, 0) is 0 Å². The van der Waals surface area contributed by atoms with E-state index in [1.54, 1.807) is 0 Å². The third-order valence-corrected chi connectivity index (χ3v) is 5.48. The molecule has 3 heteroatoms. The molecule has 0 bridgehead atoms. The summed E-state index contributed by atoms with van der Waals surface area (Å²) in [7, 11) is 0. The van der Waals surface area contributed by atoms with Crippen molar-refractivity contribution in [1.82, 2.24) is 0 Å². The zero-order valence-electron chi connectivity index (χ0n) is 9.27. The molecular formula is C12H22O2S. The first-order valence-electron chi connectivity index (χ1n) is 6.29. The Morgan fingerprint density at radius 1 is 0.667 bits per heavy atom. The quantitative estimate of drug-likeness (QED) is 0.765. The molecule has 0 unspecified atom stereocenters. The molecule has 0 aromatic carbocycles. The van der Waals surface area contributed by atoms with E-state index in [0.29, 0.717) is 10.5 Å². The standard InChI is InChI=1S/C12H22O2S/c13-9-5-1-3-7-11(9)15-12-8-4-2-6-10(12)14/h9-14H,1-8H2/t9-,10+,11-,12+. The topological polar surface area (TPSA) is 40.5 Å². The molecule has 2 aliphatic rings. The Bertz CT molecular complexity index is 178. The largest absolute Gasteiger partial charge is 0.392 e. The molecule has 2 saturated carbocycles. The number of rotatable bonds is 2. The first-order chi connectivity index (χ1) is 7.27. The van der Waals surface area contributed by atoms with Crippen molar-refractivity contribution in [2.45, 2.75) is 74.1 Å². The van der Waals surface area contributed by atoms with Gasteiger partial charge in [0.05, 0.1) is 12.2 Å². The van der Waals surface area contributed by atoms with Gasteiger partial charge in [-0.05, 0) is 25.7 Å². The third-order valence-electron chi connectivity index (χ3n) is 3.68. The van der Waals surface area contributed by atoms with E-state index >= 15 is 0 Å². The van der Waals surface area contributed by atoms with Crippen molar-refractivity contribution >= 4 is 11.8 Å². The van der Waals surface area contributed by atoms with E-state index in [1.807, 2.05) is 11.8 Å². The average molecular weight is 230 g/mol. The summed E-state index contributed by atoms with van der Waals surface area (Å²) < 4.78 is 0. The summed E-state index contributed by atoms with van der Waals surface area (Å²) in [5.74, 6) is 0. The minimum Gasteiger partial charge on any atom is -0.392 e. The van der Waals surface area contributed by atoms with E-state index in [4.69, 9.17) is 0 Å². The molecule has 0 saturated heterocycles. The summed E-state index contributed by atoms with van der Waals surface area (Å²) in [5, 5.41) is 20.5. The van der Waals surface area contributed by atoms with E-state index in [-0.39, 0.29) is 12.2 Å². The summed E-state index contributed by atoms with van der Waals surface area (Å²) in [6.45, 7) is 0. The van der Waals surface area contributed by atoms with Gasteiger partial charge in [0.15, 0.2) is 0 Å². The monoisotopic (exact) mass is 230 g/mol. The minimum atomic E-state index is -0.127. The number of aliphatic hydroxyl groups excluding tert-OH is 2. The lowest BCUT2D eigenvalue weighted by atomic mass is 9.97. The van der Waals surface area contributed by atoms with Gasteiger partial charge in [-0.25, -0.2) is 0 Å². The predicted octanol–water partition coefficient (Wildman–Crippen LogP) is 2.33. The molecule has 0 radical (unpaired) electrons. The van der Waals surface area contributed by atoms with Crippen LogP contribution in [0.5, 0.6) is 0 Å². The van der Waals surface area contributed by atoms with Gasteiger partial charge in [0, 0.05) is 10.5 Å². The van der Waals surface area contributed by atoms with Crippen molar-refractivity contribution in [3.8, 4) is 0 Å². The Kier molecular flexibility index (Phi) is 4.35. The lowest BCUT2D eigenvalue weighted by Gasteiger charge is -2.34. The minimum absolute atomic E-state index is 0.127. The maximum Gasteiger partial charge on any atom is 0.0658 e. The van der Waals surface area contributed by atoms with Gasteiger partial charge in [0.1, 0.15) is 0 Å². The van der Waals surface area contributed by atoms with Crippen molar-refractivity contribution in [1.29, 1.82) is 0 Å². The van der Waals surface area contributed by atoms with E-state index in [9.17, 15) is 10.2 Å². The van der Waals surface area contributed by atoms with Crippen LogP contribution in [0.15, 0.2) is 0 Å². The van der Waals surface area contributed by atoms with Crippen molar-refractivity contribution < 1.29 is 10.2 Å². The Morgan fingerprint density at radius 3 is 1.47 bits per heavy atom. The Hall–Kier alpha value is 0.270. The molecule has 0 aliphatic heterocycles. The summed E-state index contributed by atoms with van der Waals surface area (Å²) >= 11 is 1.86. The maximum absolute atomic E-state index is 9.88. The van der Waals surface area contributed by atoms with Gasteiger partial charge in [0.25, 0.3) is 0 Å². The highest BCUT2D eigenvalue weighted by molar-refractivity contribution is 8.00. The zero-order valence-corrected chi connectivity index (χ0v) is 10.1. The predicted molar refractivity (Wildman–Crippen MR) is 64.1 cm³/mol. The molecule has 2 nitrogen and oxygen atoms in total. The highest BCUT2D eigenvalue weighted by atomic mass is 32.2. The van der Waals surface area contributed by atoms with Crippen molar-refractivity contribution in [3.63, 3.8) is 0 Å². The van der Waals surface area contributed by atoms with Crippen LogP contribution in [0.3, 0.4) is 0 Å². The molecule has 0 spiro atoms. The summed E-state index contributed by atoms with van der Waals surface area (Å²) in [6, 6.07) is 0. The van der Waals surface area contributed by atoms with Gasteiger partial charge < -0.3 is 10.2 Å². The van der Waals surface area contributed by atoms with Gasteiger partial charge in [-0.3, -0.25) is 0 Å². The van der Waals surface area contributed by atoms with E-state index < -0.39 is 0 Å². The molecule has 2 fully saturated rings. The van der Waals surface area contributed by atoms with Crippen LogP contribution in [0.1, 0.15) is 51.4 Å². The van der Waals surface area contributed by atoms with Crippen LogP contribution in [-0.4, -0.2) is 32.9 Å². The van der Waals surface area contributed by atoms with E-state index in [0.717, 1.165) is 25.7 Å². The Labute approximate surface area is 96.5 Å². The Morgan fingerprint density at radius 2 is 1.07 bits per heavy atom. The molecule has 0 amide bonds. The van der Waals surface area contributed by atoms with Gasteiger partial charge in [-0.1, -0.05) is 25.7 Å². The molecule has 88 valence electrons. The fourth-order valence-corrected chi connectivity index (χ4v) is 4.39. The van der Waals surface area contributed by atoms with Crippen LogP contribution in [0.2, 0.25) is 0 Å². The van der Waals surface area contributed by atoms with E-state index in [2.05, 4.69) is 0 Å². The van der Waals surface area contributed by atoms with Gasteiger partial charge in [0.2, 0.25) is 0 Å². The lowest BCUT2D eigenvalue weighted by Crippen LogP contribution is -2.34. The smallest absolute Gasteiger partial charge is 0.0658 e. The maximum atomic E-state index is 9.88. The SMILES string of the molecule is O[C@@H]1CCCC[C@H]1S[C@H]1CCCC[C@@H]1O. The second-order valence-corrected chi connectivity index (χ2v) is 6.40. The highest BCUT2D eigenvalue weighted by Gasteiger charge is 2.30. The average Bonchev–Trinajstić information content (AvgIpc) is 2.24. The number of aliphatic hydroxyl groups is 2. The van der Waals surface area contributed by atoms with Crippen molar-refractivity contribution in [3.05, 3.63) is 0 Å². The first-order valence-corrected chi connectivity index (χ1v) is 7.23. The molecule has 15 heavy (non-hydrogen) atoms. The number of hydrogen-bond donors (Lipinski definition) is 2. The summed E-state index contributed by atoms with van der Waals surface area (Å²) in [5.41, 5.74) is 0. The molecule has 4 atom stereocenters. The second-order valence-electron chi connectivity index (χ2n) is 4.92. The van der Waals surface area contributed by atoms with Crippen LogP contribution in [0.25, 0.3) is 0 Å². The normalized spacial score (nSPS) is 42.8. The zero-order chi connectivity index (χ0) is 10.7. The Balaban J connectivity index is 1.83. The first kappa shape index (κ1) is 11.7. The lowest BCUT2D eigenvalue weighted by molar-refractivity contribution is 0.127. The summed E-state index contributed by atoms with van der Waals surface area (Å²) in [4.78, 5) is 0. The van der Waals surface area contributed by atoms with Crippen LogP contribution < -0.4 is 0 Å². The van der Waals surface area contributed by atoms with Crippen LogP contribution in [0, 0.1) is 0 Å². The fourth-order valence-electron chi connectivity index (χ4n) is 2.70. The highest BCUT2D eigenvalue weighted by Crippen LogP contribution is 2.37.